The molecule has 3 N–H and O–H groups in total. The second-order valence-electron chi connectivity index (χ2n) is 4.44. The molecular formula is C14H18N4O2S. The van der Waals surface area contributed by atoms with Crippen molar-refractivity contribution in [2.24, 2.45) is 12.9 Å². The van der Waals surface area contributed by atoms with Gasteiger partial charge in [0.15, 0.2) is 0 Å². The molecule has 1 amide bonds. The van der Waals surface area contributed by atoms with Crippen molar-refractivity contribution in [3.8, 4) is 5.75 Å². The van der Waals surface area contributed by atoms with Crippen molar-refractivity contribution in [1.82, 2.24) is 15.2 Å². The molecule has 0 spiro atoms. The third-order valence-electron chi connectivity index (χ3n) is 2.81. The third-order valence-corrected chi connectivity index (χ3v) is 3.86. The van der Waals surface area contributed by atoms with E-state index in [1.165, 1.54) is 0 Å². The van der Waals surface area contributed by atoms with E-state index in [1.807, 2.05) is 24.7 Å². The van der Waals surface area contributed by atoms with Gasteiger partial charge >= 0.3 is 0 Å². The van der Waals surface area contributed by atoms with Crippen LogP contribution >= 0.6 is 11.8 Å². The van der Waals surface area contributed by atoms with E-state index in [4.69, 9.17) is 10.6 Å². The van der Waals surface area contributed by atoms with Gasteiger partial charge in [-0.1, -0.05) is 0 Å². The molecule has 0 saturated carbocycles. The Kier molecular flexibility index (Phi) is 5.24. The number of nitrogens with two attached hydrogens (primary N) is 1. The van der Waals surface area contributed by atoms with Crippen molar-refractivity contribution in [3.05, 3.63) is 41.6 Å². The van der Waals surface area contributed by atoms with Gasteiger partial charge in [-0.2, -0.15) is 5.10 Å². The van der Waals surface area contributed by atoms with Crippen LogP contribution in [0.5, 0.6) is 5.75 Å². The average Bonchev–Trinajstić information content (AvgIpc) is 2.81. The Morgan fingerprint density at radius 3 is 2.71 bits per heavy atom. The third kappa shape index (κ3) is 4.24. The van der Waals surface area contributed by atoms with Gasteiger partial charge in [-0.05, 0) is 37.3 Å². The number of nitrogen functional groups attached to an aromatic ring is 1. The fraction of sp³-hybridized carbons (Fsp3) is 0.286. The predicted octanol–water partition coefficient (Wildman–Crippen LogP) is 1.50. The van der Waals surface area contributed by atoms with Crippen molar-refractivity contribution < 1.29 is 9.53 Å². The number of benzene rings is 1. The zero-order chi connectivity index (χ0) is 15.2. The zero-order valence-corrected chi connectivity index (χ0v) is 12.8. The maximum atomic E-state index is 11.3. The summed E-state index contributed by atoms with van der Waals surface area (Å²) in [5.41, 5.74) is 3.60. The highest BCUT2D eigenvalue weighted by molar-refractivity contribution is 7.99. The van der Waals surface area contributed by atoms with Crippen LogP contribution < -0.4 is 16.0 Å². The summed E-state index contributed by atoms with van der Waals surface area (Å²) in [6.07, 6.45) is 0. The molecule has 0 radical (unpaired) electrons. The Morgan fingerprint density at radius 1 is 1.43 bits per heavy atom. The first-order valence-electron chi connectivity index (χ1n) is 6.47. The number of aryl methyl sites for hydroxylation is 2. The van der Waals surface area contributed by atoms with E-state index in [0.717, 1.165) is 22.2 Å². The normalized spacial score (nSPS) is 10.4. The van der Waals surface area contributed by atoms with Gasteiger partial charge in [0.05, 0.1) is 17.3 Å². The molecule has 1 heterocycles. The quantitative estimate of drug-likeness (QED) is 0.278. The van der Waals surface area contributed by atoms with Crippen LogP contribution in [0.25, 0.3) is 0 Å². The number of rotatable bonds is 6. The Bertz CT molecular complexity index is 610. The molecule has 0 unspecified atom stereocenters. The molecule has 0 bridgehead atoms. The molecule has 0 aliphatic carbocycles. The van der Waals surface area contributed by atoms with Crippen LogP contribution in [0.4, 0.5) is 0 Å². The fourth-order valence-corrected chi connectivity index (χ4v) is 2.67. The minimum Gasteiger partial charge on any atom is -0.493 e. The summed E-state index contributed by atoms with van der Waals surface area (Å²) in [4.78, 5) is 11.3. The molecule has 0 aliphatic rings. The lowest BCUT2D eigenvalue weighted by Gasteiger charge is -2.07. The summed E-state index contributed by atoms with van der Waals surface area (Å²) in [6, 6.07) is 8.90. The topological polar surface area (TPSA) is 82.2 Å². The number of hydrogen-bond acceptors (Lipinski definition) is 5. The first-order chi connectivity index (χ1) is 10.1. The van der Waals surface area contributed by atoms with Crippen LogP contribution in [0.15, 0.2) is 35.4 Å². The van der Waals surface area contributed by atoms with Crippen molar-refractivity contribution in [3.63, 3.8) is 0 Å². The van der Waals surface area contributed by atoms with Crippen molar-refractivity contribution in [2.45, 2.75) is 11.9 Å². The minimum absolute atomic E-state index is 0.316. The number of hydrogen-bond donors (Lipinski definition) is 2. The summed E-state index contributed by atoms with van der Waals surface area (Å²) < 4.78 is 7.49. The Hall–Kier alpha value is -1.99. The molecule has 21 heavy (non-hydrogen) atoms. The number of thioether (sulfide) groups is 1. The Labute approximate surface area is 127 Å². The van der Waals surface area contributed by atoms with Gasteiger partial charge in [-0.15, -0.1) is 11.8 Å². The highest BCUT2D eigenvalue weighted by Gasteiger charge is 2.04. The molecule has 7 heteroatoms. The summed E-state index contributed by atoms with van der Waals surface area (Å²) >= 11 is 1.69. The highest BCUT2D eigenvalue weighted by atomic mass is 32.2. The van der Waals surface area contributed by atoms with Crippen LogP contribution in [0, 0.1) is 6.92 Å². The molecule has 0 saturated heterocycles. The van der Waals surface area contributed by atoms with Crippen molar-refractivity contribution >= 4 is 17.7 Å². The van der Waals surface area contributed by atoms with Gasteiger partial charge in [0.25, 0.3) is 5.91 Å². The van der Waals surface area contributed by atoms with Crippen molar-refractivity contribution in [1.29, 1.82) is 0 Å². The van der Waals surface area contributed by atoms with Gasteiger partial charge in [0, 0.05) is 18.4 Å². The van der Waals surface area contributed by atoms with E-state index in [1.54, 1.807) is 36.0 Å². The lowest BCUT2D eigenvalue weighted by molar-refractivity contribution is 0.0953. The van der Waals surface area contributed by atoms with E-state index in [9.17, 15) is 4.79 Å². The number of hydrazine groups is 1. The van der Waals surface area contributed by atoms with E-state index in [0.29, 0.717) is 12.2 Å². The molecule has 0 fully saturated rings. The second kappa shape index (κ2) is 7.14. The van der Waals surface area contributed by atoms with Gasteiger partial charge in [-0.25, -0.2) is 5.84 Å². The first kappa shape index (κ1) is 15.4. The smallest absolute Gasteiger partial charge is 0.265 e. The van der Waals surface area contributed by atoms with Crippen LogP contribution in [-0.4, -0.2) is 28.0 Å². The van der Waals surface area contributed by atoms with E-state index in [-0.39, 0.29) is 5.91 Å². The number of ether oxygens (including phenoxy) is 1. The summed E-state index contributed by atoms with van der Waals surface area (Å²) in [7, 11) is 1.93. The molecule has 1 aromatic heterocycles. The highest BCUT2D eigenvalue weighted by Crippen LogP contribution is 2.18. The number of carbonyl (C=O) groups excluding carboxylic acids is 1. The lowest BCUT2D eigenvalue weighted by atomic mass is 10.2. The number of nitrogens with zero attached hydrogens (tertiary/aromatic N) is 2. The zero-order valence-electron chi connectivity index (χ0n) is 12.0. The van der Waals surface area contributed by atoms with Crippen LogP contribution in [-0.2, 0) is 7.05 Å². The van der Waals surface area contributed by atoms with E-state index in [2.05, 4.69) is 10.5 Å². The molecule has 6 nitrogen and oxygen atoms in total. The monoisotopic (exact) mass is 306 g/mol. The maximum absolute atomic E-state index is 11.3. The number of carbonyl (C=O) groups is 1. The first-order valence-corrected chi connectivity index (χ1v) is 7.46. The Morgan fingerprint density at radius 2 is 2.14 bits per heavy atom. The lowest BCUT2D eigenvalue weighted by Crippen LogP contribution is -2.29. The van der Waals surface area contributed by atoms with E-state index >= 15 is 0 Å². The molecule has 2 aromatic rings. The van der Waals surface area contributed by atoms with Crippen LogP contribution in [0.2, 0.25) is 0 Å². The number of nitrogens with one attached hydrogen (secondary N) is 1. The van der Waals surface area contributed by atoms with E-state index < -0.39 is 0 Å². The Balaban J connectivity index is 1.78. The largest absolute Gasteiger partial charge is 0.493 e. The molecule has 0 atom stereocenters. The SMILES string of the molecule is Cc1cc(SCCOc2ccc(C(=O)NN)cc2)n(C)n1. The molecule has 0 aliphatic heterocycles. The average molecular weight is 306 g/mol. The van der Waals surface area contributed by atoms with Gasteiger partial charge in [0.2, 0.25) is 0 Å². The van der Waals surface area contributed by atoms with Crippen molar-refractivity contribution in [2.75, 3.05) is 12.4 Å². The predicted molar refractivity (Wildman–Crippen MR) is 82.3 cm³/mol. The standard InChI is InChI=1S/C14H18N4O2S/c1-10-9-13(18(2)17-10)21-8-7-20-12-5-3-11(4-6-12)14(19)16-15/h3-6,9H,7-8,15H2,1-2H3,(H,16,19). The minimum atomic E-state index is -0.316. The summed E-state index contributed by atoms with van der Waals surface area (Å²) in [5.74, 6) is 6.30. The fourth-order valence-electron chi connectivity index (χ4n) is 1.81. The van der Waals surface area contributed by atoms with Gasteiger partial charge in [0.1, 0.15) is 5.75 Å². The van der Waals surface area contributed by atoms with Gasteiger partial charge in [-0.3, -0.25) is 14.9 Å². The summed E-state index contributed by atoms with van der Waals surface area (Å²) in [6.45, 7) is 2.55. The second-order valence-corrected chi connectivity index (χ2v) is 5.56. The summed E-state index contributed by atoms with van der Waals surface area (Å²) in [5, 5.41) is 5.41. The number of aromatic nitrogens is 2. The molecular weight excluding hydrogens is 288 g/mol. The molecule has 2 rings (SSSR count). The molecule has 112 valence electrons. The van der Waals surface area contributed by atoms with Gasteiger partial charge < -0.3 is 4.74 Å². The van der Waals surface area contributed by atoms with Crippen LogP contribution in [0.3, 0.4) is 0 Å². The van der Waals surface area contributed by atoms with Crippen LogP contribution in [0.1, 0.15) is 16.1 Å². The number of amides is 1. The maximum Gasteiger partial charge on any atom is 0.265 e. The molecule has 1 aromatic carbocycles.